The van der Waals surface area contributed by atoms with Crippen LogP contribution in [0, 0.1) is 5.41 Å². The Kier molecular flexibility index (Phi) is 4.39. The van der Waals surface area contributed by atoms with E-state index < -0.39 is 0 Å². The summed E-state index contributed by atoms with van der Waals surface area (Å²) in [5.74, 6) is 0.228. The van der Waals surface area contributed by atoms with Crippen molar-refractivity contribution in [3.05, 3.63) is 71.3 Å². The van der Waals surface area contributed by atoms with Gasteiger partial charge in [-0.3, -0.25) is 4.79 Å². The molecular formula is C19H22O. The first-order chi connectivity index (χ1) is 9.53. The standard InChI is InChI=1S/C19H22O/c1-4-19(2,3)18(20)17-12-10-16(11-13-17)14-15-8-6-5-7-9-15/h5-13H,4,14H2,1-3H3. The Morgan fingerprint density at radius 2 is 1.45 bits per heavy atom. The van der Waals surface area contributed by atoms with Crippen LogP contribution in [-0.2, 0) is 6.42 Å². The molecule has 0 saturated heterocycles. The predicted octanol–water partition coefficient (Wildman–Crippen LogP) is 4.90. The largest absolute Gasteiger partial charge is 0.294 e. The van der Waals surface area contributed by atoms with Crippen LogP contribution in [0.5, 0.6) is 0 Å². The molecule has 2 rings (SSSR count). The molecular weight excluding hydrogens is 244 g/mol. The summed E-state index contributed by atoms with van der Waals surface area (Å²) in [6.07, 6.45) is 1.77. The highest BCUT2D eigenvalue weighted by atomic mass is 16.1. The molecule has 2 aromatic carbocycles. The number of rotatable bonds is 5. The molecule has 20 heavy (non-hydrogen) atoms. The molecule has 0 spiro atoms. The summed E-state index contributed by atoms with van der Waals surface area (Å²) in [6.45, 7) is 6.07. The molecule has 0 N–H and O–H groups in total. The second-order valence-electron chi connectivity index (χ2n) is 5.93. The summed E-state index contributed by atoms with van der Waals surface area (Å²) < 4.78 is 0. The summed E-state index contributed by atoms with van der Waals surface area (Å²) in [5.41, 5.74) is 3.07. The van der Waals surface area contributed by atoms with Gasteiger partial charge in [0.1, 0.15) is 0 Å². The molecule has 0 saturated carbocycles. The van der Waals surface area contributed by atoms with Crippen LogP contribution in [0.15, 0.2) is 54.6 Å². The average molecular weight is 266 g/mol. The van der Waals surface area contributed by atoms with Gasteiger partial charge in [0.15, 0.2) is 5.78 Å². The van der Waals surface area contributed by atoms with Gasteiger partial charge in [-0.1, -0.05) is 75.4 Å². The van der Waals surface area contributed by atoms with E-state index in [1.807, 2.05) is 32.0 Å². The lowest BCUT2D eigenvalue weighted by atomic mass is 9.82. The zero-order chi connectivity index (χ0) is 14.6. The van der Waals surface area contributed by atoms with E-state index in [0.717, 1.165) is 18.4 Å². The van der Waals surface area contributed by atoms with Gasteiger partial charge in [-0.25, -0.2) is 0 Å². The minimum absolute atomic E-state index is 0.228. The molecule has 104 valence electrons. The van der Waals surface area contributed by atoms with Crippen LogP contribution in [0.1, 0.15) is 48.7 Å². The Balaban J connectivity index is 2.13. The fraction of sp³-hybridized carbons (Fsp3) is 0.316. The van der Waals surface area contributed by atoms with E-state index in [1.54, 1.807) is 0 Å². The summed E-state index contributed by atoms with van der Waals surface area (Å²) in [4.78, 5) is 12.4. The minimum Gasteiger partial charge on any atom is -0.294 e. The van der Waals surface area contributed by atoms with Gasteiger partial charge in [-0.05, 0) is 24.0 Å². The smallest absolute Gasteiger partial charge is 0.168 e. The Hall–Kier alpha value is -1.89. The summed E-state index contributed by atoms with van der Waals surface area (Å²) in [6, 6.07) is 18.4. The maximum atomic E-state index is 12.4. The zero-order valence-corrected chi connectivity index (χ0v) is 12.5. The van der Waals surface area contributed by atoms with Crippen molar-refractivity contribution in [2.45, 2.75) is 33.6 Å². The highest BCUT2D eigenvalue weighted by Gasteiger charge is 2.26. The fourth-order valence-corrected chi connectivity index (χ4v) is 2.16. The maximum Gasteiger partial charge on any atom is 0.168 e. The van der Waals surface area contributed by atoms with Crippen LogP contribution >= 0.6 is 0 Å². The Morgan fingerprint density at radius 3 is 2.00 bits per heavy atom. The van der Waals surface area contributed by atoms with E-state index in [0.29, 0.717) is 0 Å². The lowest BCUT2D eigenvalue weighted by molar-refractivity contribution is 0.0833. The Labute approximate surface area is 121 Å². The van der Waals surface area contributed by atoms with Gasteiger partial charge >= 0.3 is 0 Å². The van der Waals surface area contributed by atoms with Crippen LogP contribution < -0.4 is 0 Å². The minimum atomic E-state index is -0.277. The number of Topliss-reactive ketones (excluding diaryl/α,β-unsaturated/α-hetero) is 1. The van der Waals surface area contributed by atoms with Gasteiger partial charge in [0.2, 0.25) is 0 Å². The molecule has 0 bridgehead atoms. The maximum absolute atomic E-state index is 12.4. The molecule has 0 radical (unpaired) electrons. The molecule has 0 amide bonds. The highest BCUT2D eigenvalue weighted by molar-refractivity contribution is 6.00. The van der Waals surface area contributed by atoms with Crippen molar-refractivity contribution in [3.8, 4) is 0 Å². The van der Waals surface area contributed by atoms with Crippen LogP contribution in [-0.4, -0.2) is 5.78 Å². The van der Waals surface area contributed by atoms with Crippen LogP contribution in [0.25, 0.3) is 0 Å². The molecule has 0 unspecified atom stereocenters. The van der Waals surface area contributed by atoms with Gasteiger partial charge in [-0.2, -0.15) is 0 Å². The summed E-state index contributed by atoms with van der Waals surface area (Å²) in [7, 11) is 0. The third-order valence-corrected chi connectivity index (χ3v) is 3.97. The van der Waals surface area contributed by atoms with Gasteiger partial charge in [0.25, 0.3) is 0 Å². The van der Waals surface area contributed by atoms with Gasteiger partial charge < -0.3 is 0 Å². The van der Waals surface area contributed by atoms with Crippen molar-refractivity contribution in [1.29, 1.82) is 0 Å². The number of carbonyl (C=O) groups is 1. The first kappa shape index (κ1) is 14.5. The molecule has 1 nitrogen and oxygen atoms in total. The molecule has 0 aliphatic rings. The molecule has 0 aliphatic carbocycles. The number of carbonyl (C=O) groups excluding carboxylic acids is 1. The molecule has 0 fully saturated rings. The van der Waals surface area contributed by atoms with Gasteiger partial charge in [-0.15, -0.1) is 0 Å². The second-order valence-corrected chi connectivity index (χ2v) is 5.93. The van der Waals surface area contributed by atoms with Crippen LogP contribution in [0.2, 0.25) is 0 Å². The summed E-state index contributed by atoms with van der Waals surface area (Å²) in [5, 5.41) is 0. The van der Waals surface area contributed by atoms with E-state index in [-0.39, 0.29) is 11.2 Å². The first-order valence-electron chi connectivity index (χ1n) is 7.20. The van der Waals surface area contributed by atoms with Crippen molar-refractivity contribution in [2.24, 2.45) is 5.41 Å². The lowest BCUT2D eigenvalue weighted by Crippen LogP contribution is -2.23. The van der Waals surface area contributed by atoms with Crippen molar-refractivity contribution < 1.29 is 4.79 Å². The third kappa shape index (κ3) is 3.36. The molecule has 0 aromatic heterocycles. The molecule has 0 aliphatic heterocycles. The quantitative estimate of drug-likeness (QED) is 0.704. The third-order valence-electron chi connectivity index (χ3n) is 3.97. The molecule has 2 aromatic rings. The number of hydrogen-bond acceptors (Lipinski definition) is 1. The summed E-state index contributed by atoms with van der Waals surface area (Å²) >= 11 is 0. The topological polar surface area (TPSA) is 17.1 Å². The first-order valence-corrected chi connectivity index (χ1v) is 7.20. The number of ketones is 1. The van der Waals surface area contributed by atoms with Crippen molar-refractivity contribution in [3.63, 3.8) is 0 Å². The van der Waals surface area contributed by atoms with E-state index in [1.165, 1.54) is 11.1 Å². The Bertz CT molecular complexity index is 564. The molecule has 0 heterocycles. The Morgan fingerprint density at radius 1 is 0.900 bits per heavy atom. The zero-order valence-electron chi connectivity index (χ0n) is 12.5. The highest BCUT2D eigenvalue weighted by Crippen LogP contribution is 2.25. The monoisotopic (exact) mass is 266 g/mol. The van der Waals surface area contributed by atoms with Crippen LogP contribution in [0.4, 0.5) is 0 Å². The fourth-order valence-electron chi connectivity index (χ4n) is 2.16. The predicted molar refractivity (Wildman–Crippen MR) is 84.1 cm³/mol. The van der Waals surface area contributed by atoms with Crippen LogP contribution in [0.3, 0.4) is 0 Å². The lowest BCUT2D eigenvalue weighted by Gasteiger charge is -2.20. The molecule has 1 heteroatoms. The van der Waals surface area contributed by atoms with Gasteiger partial charge in [0, 0.05) is 11.0 Å². The van der Waals surface area contributed by atoms with E-state index >= 15 is 0 Å². The van der Waals surface area contributed by atoms with E-state index in [2.05, 4.69) is 43.3 Å². The second kappa shape index (κ2) is 6.04. The number of hydrogen-bond donors (Lipinski definition) is 0. The number of benzene rings is 2. The van der Waals surface area contributed by atoms with Crippen molar-refractivity contribution >= 4 is 5.78 Å². The normalized spacial score (nSPS) is 11.3. The van der Waals surface area contributed by atoms with E-state index in [9.17, 15) is 4.79 Å². The van der Waals surface area contributed by atoms with E-state index in [4.69, 9.17) is 0 Å². The van der Waals surface area contributed by atoms with Gasteiger partial charge in [0.05, 0.1) is 0 Å². The SMILES string of the molecule is CCC(C)(C)C(=O)c1ccc(Cc2ccccc2)cc1. The average Bonchev–Trinajstić information content (AvgIpc) is 2.48. The molecule has 0 atom stereocenters. The van der Waals surface area contributed by atoms with Crippen molar-refractivity contribution in [1.82, 2.24) is 0 Å². The van der Waals surface area contributed by atoms with Crippen molar-refractivity contribution in [2.75, 3.05) is 0 Å².